The van der Waals surface area contributed by atoms with Crippen LogP contribution in [-0.2, 0) is 9.59 Å². The number of carboxylic acids is 1. The molecule has 1 N–H and O–H groups in total. The minimum atomic E-state index is -0.871. The number of hydrogen-bond acceptors (Lipinski definition) is 3. The standard InChI is InChI=1S/C18H26O4/c1-4-14(5-2)9-8-11-16(18(20)21)15-10-6-7-12-17(15)22-13(3)19/h6-7,10,12,14,16H,4-5,8-9,11H2,1-3H3,(H,20,21). The van der Waals surface area contributed by atoms with Gasteiger partial charge >= 0.3 is 11.9 Å². The van der Waals surface area contributed by atoms with Gasteiger partial charge < -0.3 is 9.84 Å². The number of ether oxygens (including phenoxy) is 1. The predicted octanol–water partition coefficient (Wildman–Crippen LogP) is 4.39. The number of aliphatic carboxylic acids is 1. The Morgan fingerprint density at radius 1 is 1.14 bits per heavy atom. The van der Waals surface area contributed by atoms with E-state index in [1.54, 1.807) is 24.3 Å². The third-order valence-electron chi connectivity index (χ3n) is 4.11. The van der Waals surface area contributed by atoms with E-state index in [1.807, 2.05) is 0 Å². The first-order chi connectivity index (χ1) is 10.5. The Morgan fingerprint density at radius 2 is 1.77 bits per heavy atom. The molecule has 0 aliphatic carbocycles. The maximum Gasteiger partial charge on any atom is 0.311 e. The highest BCUT2D eigenvalue weighted by Gasteiger charge is 2.23. The smallest absolute Gasteiger partial charge is 0.311 e. The van der Waals surface area contributed by atoms with E-state index in [0.717, 1.165) is 25.7 Å². The number of esters is 1. The number of carbonyl (C=O) groups is 2. The van der Waals surface area contributed by atoms with Gasteiger partial charge in [-0.15, -0.1) is 0 Å². The van der Waals surface area contributed by atoms with Crippen LogP contribution in [0.25, 0.3) is 0 Å². The lowest BCUT2D eigenvalue weighted by molar-refractivity contribution is -0.139. The second kappa shape index (κ2) is 9.23. The maximum absolute atomic E-state index is 11.6. The molecule has 4 nitrogen and oxygen atoms in total. The Morgan fingerprint density at radius 3 is 2.32 bits per heavy atom. The Bertz CT molecular complexity index is 492. The van der Waals surface area contributed by atoms with Gasteiger partial charge in [-0.1, -0.05) is 57.7 Å². The molecule has 0 fully saturated rings. The highest BCUT2D eigenvalue weighted by Crippen LogP contribution is 2.31. The van der Waals surface area contributed by atoms with E-state index in [1.165, 1.54) is 6.92 Å². The van der Waals surface area contributed by atoms with E-state index in [2.05, 4.69) is 13.8 Å². The molecule has 1 aromatic rings. The van der Waals surface area contributed by atoms with Gasteiger partial charge in [-0.2, -0.15) is 0 Å². The van der Waals surface area contributed by atoms with Crippen molar-refractivity contribution < 1.29 is 19.4 Å². The molecule has 0 saturated heterocycles. The summed E-state index contributed by atoms with van der Waals surface area (Å²) in [4.78, 5) is 22.8. The summed E-state index contributed by atoms with van der Waals surface area (Å²) in [5, 5.41) is 9.52. The van der Waals surface area contributed by atoms with Crippen molar-refractivity contribution in [2.45, 2.75) is 58.8 Å². The van der Waals surface area contributed by atoms with Crippen molar-refractivity contribution in [1.29, 1.82) is 0 Å². The number of carbonyl (C=O) groups excluding carboxylic acids is 1. The van der Waals surface area contributed by atoms with Crippen LogP contribution in [-0.4, -0.2) is 17.0 Å². The van der Waals surface area contributed by atoms with Crippen molar-refractivity contribution in [1.82, 2.24) is 0 Å². The first kappa shape index (κ1) is 18.2. The van der Waals surface area contributed by atoms with Crippen LogP contribution in [0.4, 0.5) is 0 Å². The molecule has 1 rings (SSSR count). The lowest BCUT2D eigenvalue weighted by Gasteiger charge is -2.18. The van der Waals surface area contributed by atoms with E-state index < -0.39 is 17.9 Å². The summed E-state index contributed by atoms with van der Waals surface area (Å²) in [5.74, 6) is -0.939. The van der Waals surface area contributed by atoms with E-state index >= 15 is 0 Å². The molecule has 1 atom stereocenters. The second-order valence-corrected chi connectivity index (χ2v) is 5.64. The Kier molecular flexibility index (Phi) is 7.64. The first-order valence-electron chi connectivity index (χ1n) is 7.99. The fraction of sp³-hybridized carbons (Fsp3) is 0.556. The molecule has 22 heavy (non-hydrogen) atoms. The van der Waals surface area contributed by atoms with Crippen LogP contribution in [0.1, 0.15) is 64.4 Å². The van der Waals surface area contributed by atoms with Crippen LogP contribution in [0.5, 0.6) is 5.75 Å². The molecule has 0 bridgehead atoms. The highest BCUT2D eigenvalue weighted by atomic mass is 16.5. The van der Waals surface area contributed by atoms with Crippen molar-refractivity contribution >= 4 is 11.9 Å². The Hall–Kier alpha value is -1.84. The molecule has 0 spiro atoms. The van der Waals surface area contributed by atoms with E-state index in [4.69, 9.17) is 4.74 Å². The first-order valence-corrected chi connectivity index (χ1v) is 7.99. The number of rotatable bonds is 9. The quantitative estimate of drug-likeness (QED) is 0.543. The maximum atomic E-state index is 11.6. The van der Waals surface area contributed by atoms with Gasteiger partial charge in [-0.05, 0) is 18.4 Å². The summed E-state index contributed by atoms with van der Waals surface area (Å²) >= 11 is 0. The zero-order valence-corrected chi connectivity index (χ0v) is 13.7. The molecule has 0 aromatic heterocycles. The molecule has 0 heterocycles. The fourth-order valence-corrected chi connectivity index (χ4v) is 2.74. The van der Waals surface area contributed by atoms with Crippen molar-refractivity contribution in [3.8, 4) is 5.75 Å². The van der Waals surface area contributed by atoms with E-state index in [9.17, 15) is 14.7 Å². The number of hydrogen-bond donors (Lipinski definition) is 1. The highest BCUT2D eigenvalue weighted by molar-refractivity contribution is 5.78. The van der Waals surface area contributed by atoms with Crippen LogP contribution in [0.15, 0.2) is 24.3 Å². The molecular formula is C18H26O4. The summed E-state index contributed by atoms with van der Waals surface area (Å²) in [6.07, 6.45) is 4.70. The van der Waals surface area contributed by atoms with Gasteiger partial charge in [0.15, 0.2) is 0 Å². The minimum absolute atomic E-state index is 0.352. The van der Waals surface area contributed by atoms with Crippen LogP contribution >= 0.6 is 0 Å². The lowest BCUT2D eigenvalue weighted by atomic mass is 9.89. The van der Waals surface area contributed by atoms with Gasteiger partial charge in [0.25, 0.3) is 0 Å². The molecule has 1 aromatic carbocycles. The number of benzene rings is 1. The monoisotopic (exact) mass is 306 g/mol. The van der Waals surface area contributed by atoms with Gasteiger partial charge in [0.2, 0.25) is 0 Å². The van der Waals surface area contributed by atoms with Gasteiger partial charge in [-0.3, -0.25) is 9.59 Å². The topological polar surface area (TPSA) is 63.6 Å². The molecule has 0 saturated carbocycles. The Labute approximate surface area is 132 Å². The normalized spacial score (nSPS) is 12.2. The Balaban J connectivity index is 2.83. The van der Waals surface area contributed by atoms with Gasteiger partial charge in [-0.25, -0.2) is 0 Å². The average molecular weight is 306 g/mol. The predicted molar refractivity (Wildman–Crippen MR) is 86.1 cm³/mol. The largest absolute Gasteiger partial charge is 0.481 e. The van der Waals surface area contributed by atoms with Crippen LogP contribution in [0.2, 0.25) is 0 Å². The lowest BCUT2D eigenvalue weighted by Crippen LogP contribution is -2.15. The molecule has 0 radical (unpaired) electrons. The average Bonchev–Trinajstić information content (AvgIpc) is 2.48. The van der Waals surface area contributed by atoms with Gasteiger partial charge in [0.05, 0.1) is 5.92 Å². The van der Waals surface area contributed by atoms with Crippen molar-refractivity contribution in [2.75, 3.05) is 0 Å². The zero-order chi connectivity index (χ0) is 16.5. The molecule has 1 unspecified atom stereocenters. The summed E-state index contributed by atoms with van der Waals surface area (Å²) in [5.41, 5.74) is 0.578. The van der Waals surface area contributed by atoms with E-state index in [-0.39, 0.29) is 0 Å². The third kappa shape index (κ3) is 5.51. The van der Waals surface area contributed by atoms with Crippen LogP contribution < -0.4 is 4.74 Å². The van der Waals surface area contributed by atoms with Gasteiger partial charge in [0.1, 0.15) is 5.75 Å². The van der Waals surface area contributed by atoms with Crippen molar-refractivity contribution in [2.24, 2.45) is 5.92 Å². The SMILES string of the molecule is CCC(CC)CCCC(C(=O)O)c1ccccc1OC(C)=O. The van der Waals surface area contributed by atoms with Crippen molar-refractivity contribution in [3.05, 3.63) is 29.8 Å². The summed E-state index contributed by atoms with van der Waals surface area (Å²) < 4.78 is 5.14. The summed E-state index contributed by atoms with van der Waals surface area (Å²) in [6.45, 7) is 5.65. The zero-order valence-electron chi connectivity index (χ0n) is 13.7. The van der Waals surface area contributed by atoms with E-state index in [0.29, 0.717) is 23.7 Å². The van der Waals surface area contributed by atoms with Gasteiger partial charge in [0, 0.05) is 12.5 Å². The number of para-hydroxylation sites is 1. The molecule has 122 valence electrons. The van der Waals surface area contributed by atoms with Crippen molar-refractivity contribution in [3.63, 3.8) is 0 Å². The summed E-state index contributed by atoms with van der Waals surface area (Å²) in [7, 11) is 0. The second-order valence-electron chi connectivity index (χ2n) is 5.64. The summed E-state index contributed by atoms with van der Waals surface area (Å²) in [6, 6.07) is 6.89. The molecule has 0 aliphatic rings. The number of carboxylic acid groups (broad SMARTS) is 1. The van der Waals surface area contributed by atoms with Crippen LogP contribution in [0.3, 0.4) is 0 Å². The fourth-order valence-electron chi connectivity index (χ4n) is 2.74. The van der Waals surface area contributed by atoms with Crippen LogP contribution in [0, 0.1) is 5.92 Å². The third-order valence-corrected chi connectivity index (χ3v) is 4.11. The molecule has 0 amide bonds. The molecule has 0 aliphatic heterocycles. The minimum Gasteiger partial charge on any atom is -0.481 e. The molecule has 4 heteroatoms. The molecular weight excluding hydrogens is 280 g/mol.